The second-order valence-electron chi connectivity index (χ2n) is 5.30. The van der Waals surface area contributed by atoms with Gasteiger partial charge in [-0.15, -0.1) is 6.42 Å². The van der Waals surface area contributed by atoms with Crippen LogP contribution in [0.3, 0.4) is 0 Å². The van der Waals surface area contributed by atoms with Crippen molar-refractivity contribution < 1.29 is 9.53 Å². The molecule has 0 aliphatic carbocycles. The molecule has 1 aromatic heterocycles. The van der Waals surface area contributed by atoms with Crippen LogP contribution in [-0.2, 0) is 11.3 Å². The molecule has 1 heterocycles. The number of carbonyl (C=O) groups is 1. The number of amides is 1. The van der Waals surface area contributed by atoms with Crippen molar-refractivity contribution in [3.05, 3.63) is 57.3 Å². The van der Waals surface area contributed by atoms with Gasteiger partial charge in [-0.25, -0.2) is 0 Å². The van der Waals surface area contributed by atoms with E-state index in [1.54, 1.807) is 10.6 Å². The lowest BCUT2D eigenvalue weighted by molar-refractivity contribution is -0.118. The number of nitrogens with zero attached hydrogens (tertiary/aromatic N) is 2. The maximum Gasteiger partial charge on any atom is 0.251 e. The lowest BCUT2D eigenvalue weighted by Crippen LogP contribution is -2.17. The van der Waals surface area contributed by atoms with Crippen LogP contribution in [0.1, 0.15) is 6.42 Å². The molecule has 0 unspecified atom stereocenters. The molecule has 1 amide bonds. The summed E-state index contributed by atoms with van der Waals surface area (Å²) in [4.78, 5) is 16.9. The Hall–Kier alpha value is -2.26. The van der Waals surface area contributed by atoms with Gasteiger partial charge in [-0.2, -0.15) is 4.99 Å². The van der Waals surface area contributed by atoms with Gasteiger partial charge in [0.15, 0.2) is 4.80 Å². The number of ether oxygens (including phenoxy) is 1. The number of hydrogen-bond donors (Lipinski definition) is 0. The van der Waals surface area contributed by atoms with Crippen molar-refractivity contribution in [2.75, 3.05) is 6.61 Å². The van der Waals surface area contributed by atoms with Gasteiger partial charge in [-0.05, 0) is 24.3 Å². The summed E-state index contributed by atoms with van der Waals surface area (Å²) in [5.41, 5.74) is 0.689. The van der Waals surface area contributed by atoms with Crippen molar-refractivity contribution in [1.82, 2.24) is 4.57 Å². The van der Waals surface area contributed by atoms with Crippen molar-refractivity contribution in [3.63, 3.8) is 0 Å². The number of rotatable bonds is 5. The van der Waals surface area contributed by atoms with E-state index in [0.29, 0.717) is 26.1 Å². The third-order valence-corrected chi connectivity index (χ3v) is 5.37. The minimum Gasteiger partial charge on any atom is -0.493 e. The number of fused-ring (bicyclic) bond motifs is 1. The zero-order chi connectivity index (χ0) is 18.5. The van der Waals surface area contributed by atoms with Crippen LogP contribution in [0.15, 0.2) is 47.5 Å². The van der Waals surface area contributed by atoms with Gasteiger partial charge in [0, 0.05) is 0 Å². The smallest absolute Gasteiger partial charge is 0.251 e. The lowest BCUT2D eigenvalue weighted by Gasteiger charge is -2.04. The molecule has 0 saturated heterocycles. The van der Waals surface area contributed by atoms with E-state index >= 15 is 0 Å². The molecule has 4 nitrogen and oxygen atoms in total. The molecule has 26 heavy (non-hydrogen) atoms. The number of hydrogen-bond acceptors (Lipinski definition) is 3. The first-order valence-corrected chi connectivity index (χ1v) is 9.33. The first-order chi connectivity index (χ1) is 12.6. The minimum absolute atomic E-state index is 0.160. The Morgan fingerprint density at radius 2 is 2.00 bits per heavy atom. The summed E-state index contributed by atoms with van der Waals surface area (Å²) < 4.78 is 8.12. The van der Waals surface area contributed by atoms with Crippen LogP contribution in [0.2, 0.25) is 10.0 Å². The Balaban J connectivity index is 1.84. The molecule has 0 spiro atoms. The number of para-hydroxylation sites is 1. The molecule has 2 aromatic carbocycles. The fourth-order valence-electron chi connectivity index (χ4n) is 2.36. The van der Waals surface area contributed by atoms with Gasteiger partial charge in [-0.3, -0.25) is 4.79 Å². The molecule has 0 fully saturated rings. The van der Waals surface area contributed by atoms with Gasteiger partial charge < -0.3 is 9.30 Å². The summed E-state index contributed by atoms with van der Waals surface area (Å²) in [6, 6.07) is 12.9. The number of benzene rings is 2. The Bertz CT molecular complexity index is 1050. The van der Waals surface area contributed by atoms with E-state index < -0.39 is 0 Å². The van der Waals surface area contributed by atoms with Gasteiger partial charge in [0.2, 0.25) is 0 Å². The van der Waals surface area contributed by atoms with Gasteiger partial charge >= 0.3 is 0 Å². The Kier molecular flexibility index (Phi) is 6.00. The summed E-state index contributed by atoms with van der Waals surface area (Å²) in [5, 5.41) is 0.828. The van der Waals surface area contributed by atoms with E-state index in [9.17, 15) is 4.79 Å². The van der Waals surface area contributed by atoms with Crippen LogP contribution in [-0.4, -0.2) is 17.1 Å². The highest BCUT2D eigenvalue weighted by molar-refractivity contribution is 7.16. The summed E-state index contributed by atoms with van der Waals surface area (Å²) in [6.45, 7) is 0.492. The van der Waals surface area contributed by atoms with E-state index in [0.717, 1.165) is 4.70 Å². The number of carbonyl (C=O) groups excluding carboxylic acids is 1. The normalized spacial score (nSPS) is 11.5. The molecule has 0 atom stereocenters. The van der Waals surface area contributed by atoms with Crippen LogP contribution < -0.4 is 9.54 Å². The molecule has 7 heteroatoms. The zero-order valence-corrected chi connectivity index (χ0v) is 15.9. The van der Waals surface area contributed by atoms with E-state index in [-0.39, 0.29) is 25.5 Å². The Labute approximate surface area is 164 Å². The highest BCUT2D eigenvalue weighted by Crippen LogP contribution is 2.32. The number of terminal acetylenes is 1. The maximum atomic E-state index is 12.2. The topological polar surface area (TPSA) is 43.6 Å². The highest BCUT2D eigenvalue weighted by atomic mass is 35.5. The molecular formula is C19H14Cl2N2O2S. The van der Waals surface area contributed by atoms with Crippen molar-refractivity contribution >= 4 is 50.7 Å². The molecule has 3 aromatic rings. The predicted octanol–water partition coefficient (Wildman–Crippen LogP) is 4.54. The third kappa shape index (κ3) is 4.10. The molecule has 0 saturated carbocycles. The average molecular weight is 405 g/mol. The second kappa shape index (κ2) is 8.41. The molecule has 0 bridgehead atoms. The number of halogens is 2. The van der Waals surface area contributed by atoms with Crippen molar-refractivity contribution in [1.29, 1.82) is 0 Å². The van der Waals surface area contributed by atoms with Gasteiger partial charge in [-0.1, -0.05) is 58.7 Å². The number of thiazole rings is 1. The predicted molar refractivity (Wildman–Crippen MR) is 106 cm³/mol. The molecule has 3 rings (SSSR count). The Morgan fingerprint density at radius 3 is 2.73 bits per heavy atom. The first-order valence-electron chi connectivity index (χ1n) is 7.76. The van der Waals surface area contributed by atoms with Crippen molar-refractivity contribution in [2.45, 2.75) is 13.0 Å². The first kappa shape index (κ1) is 18.5. The zero-order valence-electron chi connectivity index (χ0n) is 13.6. The number of aromatic nitrogens is 1. The minimum atomic E-state index is -0.291. The van der Waals surface area contributed by atoms with Gasteiger partial charge in [0.25, 0.3) is 5.91 Å². The maximum absolute atomic E-state index is 12.2. The highest BCUT2D eigenvalue weighted by Gasteiger charge is 2.13. The standard InChI is InChI=1S/C19H14Cl2N2O2S/c1-2-11-23-18-15(9-8-14(20)17(18)21)26-19(23)22-16(24)10-12-25-13-6-4-3-5-7-13/h1,3-9H,10-12H2. The summed E-state index contributed by atoms with van der Waals surface area (Å²) >= 11 is 13.7. The summed E-state index contributed by atoms with van der Waals surface area (Å²) in [5.74, 6) is 2.98. The molecule has 132 valence electrons. The second-order valence-corrected chi connectivity index (χ2v) is 7.09. The fraction of sp³-hybridized carbons (Fsp3) is 0.158. The average Bonchev–Trinajstić information content (AvgIpc) is 2.97. The summed E-state index contributed by atoms with van der Waals surface area (Å²) in [7, 11) is 0. The van der Waals surface area contributed by atoms with Crippen LogP contribution in [0.4, 0.5) is 0 Å². The largest absolute Gasteiger partial charge is 0.493 e. The third-order valence-electron chi connectivity index (χ3n) is 3.53. The van der Waals surface area contributed by atoms with E-state index in [4.69, 9.17) is 34.4 Å². The molecule has 0 aliphatic rings. The Morgan fingerprint density at radius 1 is 1.23 bits per heavy atom. The molecular weight excluding hydrogens is 391 g/mol. The SMILES string of the molecule is C#CCn1c(=NC(=O)CCOc2ccccc2)sc2ccc(Cl)c(Cl)c21. The van der Waals surface area contributed by atoms with Crippen LogP contribution in [0.25, 0.3) is 10.2 Å². The molecule has 0 aliphatic heterocycles. The van der Waals surface area contributed by atoms with Crippen molar-refractivity contribution in [2.24, 2.45) is 4.99 Å². The van der Waals surface area contributed by atoms with E-state index in [2.05, 4.69) is 10.9 Å². The van der Waals surface area contributed by atoms with Gasteiger partial charge in [0.05, 0.1) is 39.8 Å². The van der Waals surface area contributed by atoms with E-state index in [1.807, 2.05) is 36.4 Å². The fourth-order valence-corrected chi connectivity index (χ4v) is 3.89. The molecule has 0 radical (unpaired) electrons. The van der Waals surface area contributed by atoms with Crippen LogP contribution >= 0.6 is 34.5 Å². The van der Waals surface area contributed by atoms with Crippen LogP contribution in [0.5, 0.6) is 5.75 Å². The molecule has 0 N–H and O–H groups in total. The van der Waals surface area contributed by atoms with Gasteiger partial charge in [0.1, 0.15) is 5.75 Å². The van der Waals surface area contributed by atoms with Crippen LogP contribution in [0, 0.1) is 12.3 Å². The quantitative estimate of drug-likeness (QED) is 0.585. The monoisotopic (exact) mass is 404 g/mol. The van der Waals surface area contributed by atoms with Crippen molar-refractivity contribution in [3.8, 4) is 18.1 Å². The lowest BCUT2D eigenvalue weighted by atomic mass is 10.3. The summed E-state index contributed by atoms with van der Waals surface area (Å²) in [6.07, 6.45) is 5.61. The van der Waals surface area contributed by atoms with E-state index in [1.165, 1.54) is 11.3 Å².